The number of thioether (sulfide) groups is 1. The first-order valence-electron chi connectivity index (χ1n) is 7.36. The van der Waals surface area contributed by atoms with Crippen molar-refractivity contribution in [2.24, 2.45) is 0 Å². The molecule has 8 nitrogen and oxygen atoms in total. The number of aromatic amines is 2. The standard InChI is InChI=1S/C16H14N4O4S/c1-9(25-12-5-3-11(4-6-12)20(23)24)15(21)17-10-2-7-13-14(8-10)19-16(22)18-13/h2-9H,1H3,(H,17,21)(H2,18,19,22). The van der Waals surface area contributed by atoms with Gasteiger partial charge in [0.15, 0.2) is 0 Å². The molecular weight excluding hydrogens is 344 g/mol. The molecule has 1 heterocycles. The lowest BCUT2D eigenvalue weighted by molar-refractivity contribution is -0.384. The highest BCUT2D eigenvalue weighted by Gasteiger charge is 2.15. The van der Waals surface area contributed by atoms with Gasteiger partial charge in [0.25, 0.3) is 5.69 Å². The van der Waals surface area contributed by atoms with E-state index in [-0.39, 0.29) is 17.3 Å². The molecule has 0 radical (unpaired) electrons. The Morgan fingerprint density at radius 2 is 1.84 bits per heavy atom. The van der Waals surface area contributed by atoms with Crippen molar-refractivity contribution in [1.82, 2.24) is 9.97 Å². The van der Waals surface area contributed by atoms with Crippen LogP contribution in [-0.2, 0) is 4.79 Å². The molecule has 2 aromatic carbocycles. The maximum Gasteiger partial charge on any atom is 0.323 e. The third kappa shape index (κ3) is 3.89. The number of carbonyl (C=O) groups is 1. The average Bonchev–Trinajstić information content (AvgIpc) is 2.94. The summed E-state index contributed by atoms with van der Waals surface area (Å²) in [6.07, 6.45) is 0. The summed E-state index contributed by atoms with van der Waals surface area (Å²) in [7, 11) is 0. The van der Waals surface area contributed by atoms with Crippen LogP contribution in [0, 0.1) is 10.1 Å². The number of H-pyrrole nitrogens is 2. The van der Waals surface area contributed by atoms with E-state index in [1.54, 1.807) is 37.3 Å². The minimum atomic E-state index is -0.466. The number of rotatable bonds is 5. The third-order valence-corrected chi connectivity index (χ3v) is 4.63. The minimum absolute atomic E-state index is 0.00949. The number of nitrogens with one attached hydrogen (secondary N) is 3. The van der Waals surface area contributed by atoms with Gasteiger partial charge in [0, 0.05) is 22.7 Å². The van der Waals surface area contributed by atoms with Gasteiger partial charge >= 0.3 is 5.69 Å². The van der Waals surface area contributed by atoms with Crippen molar-refractivity contribution >= 4 is 40.1 Å². The molecule has 0 saturated carbocycles. The molecule has 128 valence electrons. The normalized spacial score (nSPS) is 12.0. The highest BCUT2D eigenvalue weighted by atomic mass is 32.2. The molecule has 0 bridgehead atoms. The van der Waals surface area contributed by atoms with Gasteiger partial charge in [-0.15, -0.1) is 11.8 Å². The lowest BCUT2D eigenvalue weighted by Gasteiger charge is -2.12. The second-order valence-electron chi connectivity index (χ2n) is 5.34. The Morgan fingerprint density at radius 3 is 2.52 bits per heavy atom. The first kappa shape index (κ1) is 16.8. The quantitative estimate of drug-likeness (QED) is 0.368. The number of hydrogen-bond donors (Lipinski definition) is 3. The smallest absolute Gasteiger partial charge is 0.323 e. The van der Waals surface area contributed by atoms with Crippen LogP contribution in [0.25, 0.3) is 11.0 Å². The first-order valence-corrected chi connectivity index (χ1v) is 8.24. The summed E-state index contributed by atoms with van der Waals surface area (Å²) in [4.78, 5) is 39.8. The highest BCUT2D eigenvalue weighted by molar-refractivity contribution is 8.00. The van der Waals surface area contributed by atoms with E-state index in [2.05, 4.69) is 15.3 Å². The number of amides is 1. The van der Waals surface area contributed by atoms with Gasteiger partial charge in [0.05, 0.1) is 21.2 Å². The molecule has 1 aromatic heterocycles. The molecule has 9 heteroatoms. The number of fused-ring (bicyclic) bond motifs is 1. The van der Waals surface area contributed by atoms with Crippen LogP contribution in [0.3, 0.4) is 0 Å². The molecule has 1 unspecified atom stereocenters. The van der Waals surface area contributed by atoms with Crippen molar-refractivity contribution in [2.45, 2.75) is 17.1 Å². The van der Waals surface area contributed by atoms with Crippen molar-refractivity contribution in [1.29, 1.82) is 0 Å². The molecule has 1 atom stereocenters. The van der Waals surface area contributed by atoms with E-state index in [1.807, 2.05) is 0 Å². The summed E-state index contributed by atoms with van der Waals surface area (Å²) in [6, 6.07) is 11.1. The Labute approximate surface area is 145 Å². The fraction of sp³-hybridized carbons (Fsp3) is 0.125. The molecule has 0 aliphatic carbocycles. The fourth-order valence-corrected chi connectivity index (χ4v) is 3.13. The second-order valence-corrected chi connectivity index (χ2v) is 6.75. The Bertz CT molecular complexity index is 993. The lowest BCUT2D eigenvalue weighted by atomic mass is 10.2. The van der Waals surface area contributed by atoms with E-state index >= 15 is 0 Å². The van der Waals surface area contributed by atoms with Gasteiger partial charge in [0.1, 0.15) is 0 Å². The predicted molar refractivity (Wildman–Crippen MR) is 96.0 cm³/mol. The van der Waals surface area contributed by atoms with Crippen molar-refractivity contribution < 1.29 is 9.72 Å². The molecule has 0 aliphatic heterocycles. The molecule has 3 aromatic rings. The van der Waals surface area contributed by atoms with Crippen molar-refractivity contribution in [3.8, 4) is 0 Å². The summed E-state index contributed by atoms with van der Waals surface area (Å²) in [6.45, 7) is 1.75. The second kappa shape index (κ2) is 6.81. The maximum absolute atomic E-state index is 12.3. The molecule has 0 aliphatic rings. The number of imidazole rings is 1. The predicted octanol–water partition coefficient (Wildman–Crippen LogP) is 2.88. The van der Waals surface area contributed by atoms with Crippen LogP contribution in [0.4, 0.5) is 11.4 Å². The topological polar surface area (TPSA) is 121 Å². The van der Waals surface area contributed by atoms with Gasteiger partial charge in [-0.1, -0.05) is 0 Å². The van der Waals surface area contributed by atoms with Crippen LogP contribution in [0.2, 0.25) is 0 Å². The van der Waals surface area contributed by atoms with E-state index in [1.165, 1.54) is 23.9 Å². The van der Waals surface area contributed by atoms with Gasteiger partial charge in [-0.2, -0.15) is 0 Å². The molecule has 0 fully saturated rings. The van der Waals surface area contributed by atoms with Crippen LogP contribution < -0.4 is 11.0 Å². The van der Waals surface area contributed by atoms with Gasteiger partial charge < -0.3 is 15.3 Å². The van der Waals surface area contributed by atoms with Crippen LogP contribution in [0.5, 0.6) is 0 Å². The van der Waals surface area contributed by atoms with E-state index in [9.17, 15) is 19.7 Å². The number of non-ortho nitro benzene ring substituents is 1. The van der Waals surface area contributed by atoms with Gasteiger partial charge in [0.2, 0.25) is 5.91 Å². The monoisotopic (exact) mass is 358 g/mol. The summed E-state index contributed by atoms with van der Waals surface area (Å²) in [5.74, 6) is -0.208. The van der Waals surface area contributed by atoms with E-state index < -0.39 is 10.2 Å². The summed E-state index contributed by atoms with van der Waals surface area (Å²) < 4.78 is 0. The summed E-state index contributed by atoms with van der Waals surface area (Å²) in [5.41, 5.74) is 1.55. The SMILES string of the molecule is CC(Sc1ccc([N+](=O)[O-])cc1)C(=O)Nc1ccc2[nH]c(=O)[nH]c2c1. The van der Waals surface area contributed by atoms with Gasteiger partial charge in [-0.3, -0.25) is 14.9 Å². The van der Waals surface area contributed by atoms with E-state index in [4.69, 9.17) is 0 Å². The lowest BCUT2D eigenvalue weighted by Crippen LogP contribution is -2.22. The number of nitro groups is 1. The molecule has 0 saturated heterocycles. The number of carbonyl (C=O) groups excluding carboxylic acids is 1. The third-order valence-electron chi connectivity index (χ3n) is 3.51. The molecular formula is C16H14N4O4S. The van der Waals surface area contributed by atoms with Gasteiger partial charge in [-0.25, -0.2) is 4.79 Å². The average molecular weight is 358 g/mol. The number of anilines is 1. The zero-order valence-corrected chi connectivity index (χ0v) is 13.9. The Morgan fingerprint density at radius 1 is 1.16 bits per heavy atom. The minimum Gasteiger partial charge on any atom is -0.325 e. The molecule has 1 amide bonds. The van der Waals surface area contributed by atoms with Gasteiger partial charge in [-0.05, 0) is 37.3 Å². The summed E-state index contributed by atoms with van der Waals surface area (Å²) in [5, 5.41) is 13.0. The number of nitro benzene ring substituents is 1. The first-order chi connectivity index (χ1) is 11.9. The van der Waals surface area contributed by atoms with Crippen LogP contribution in [0.1, 0.15) is 6.92 Å². The molecule has 3 rings (SSSR count). The van der Waals surface area contributed by atoms with Crippen molar-refractivity contribution in [3.05, 3.63) is 63.1 Å². The van der Waals surface area contributed by atoms with Crippen LogP contribution in [0.15, 0.2) is 52.2 Å². The Balaban J connectivity index is 1.66. The summed E-state index contributed by atoms with van der Waals surface area (Å²) >= 11 is 1.30. The zero-order valence-electron chi connectivity index (χ0n) is 13.1. The van der Waals surface area contributed by atoms with Crippen LogP contribution >= 0.6 is 11.8 Å². The number of hydrogen-bond acceptors (Lipinski definition) is 5. The van der Waals surface area contributed by atoms with E-state index in [0.29, 0.717) is 16.7 Å². The van der Waals surface area contributed by atoms with Crippen molar-refractivity contribution in [3.63, 3.8) is 0 Å². The molecule has 0 spiro atoms. The number of nitrogens with zero attached hydrogens (tertiary/aromatic N) is 1. The Kier molecular flexibility index (Phi) is 4.57. The number of benzene rings is 2. The maximum atomic E-state index is 12.3. The highest BCUT2D eigenvalue weighted by Crippen LogP contribution is 2.26. The Hall–Kier alpha value is -3.07. The fourth-order valence-electron chi connectivity index (χ4n) is 2.26. The molecule has 25 heavy (non-hydrogen) atoms. The zero-order chi connectivity index (χ0) is 18.0. The molecule has 3 N–H and O–H groups in total. The van der Waals surface area contributed by atoms with Crippen molar-refractivity contribution in [2.75, 3.05) is 5.32 Å². The van der Waals surface area contributed by atoms with E-state index in [0.717, 1.165) is 4.90 Å². The van der Waals surface area contributed by atoms with Crippen LogP contribution in [-0.4, -0.2) is 26.0 Å². The number of aromatic nitrogens is 2. The largest absolute Gasteiger partial charge is 0.325 e.